The van der Waals surface area contributed by atoms with Gasteiger partial charge in [0.25, 0.3) is 0 Å². The molecule has 0 spiro atoms. The van der Waals surface area contributed by atoms with Gasteiger partial charge in [0.15, 0.2) is 0 Å². The number of carbonyl (C=O) groups excluding carboxylic acids is 1. The van der Waals surface area contributed by atoms with Crippen LogP contribution in [0.5, 0.6) is 0 Å². The van der Waals surface area contributed by atoms with Crippen molar-refractivity contribution < 1.29 is 4.79 Å². The molecule has 0 aliphatic carbocycles. The van der Waals surface area contributed by atoms with Gasteiger partial charge in [-0.15, -0.1) is 23.7 Å². The molecule has 0 aliphatic heterocycles. The molecule has 92 valence electrons. The molecule has 1 aromatic rings. The van der Waals surface area contributed by atoms with Gasteiger partial charge in [0.05, 0.1) is 10.3 Å². The minimum absolute atomic E-state index is 0. The summed E-state index contributed by atoms with van der Waals surface area (Å²) in [6.45, 7) is 2.50. The first-order valence-electron chi connectivity index (χ1n) is 4.73. The third kappa shape index (κ3) is 5.30. The largest absolute Gasteiger partial charge is 0.341 e. The minimum atomic E-state index is -0.0741. The average molecular weight is 328 g/mol. The van der Waals surface area contributed by atoms with Gasteiger partial charge in [-0.2, -0.15) is 0 Å². The average Bonchev–Trinajstić information content (AvgIpc) is 2.50. The third-order valence-corrected chi connectivity index (χ3v) is 3.55. The van der Waals surface area contributed by atoms with Gasteiger partial charge < -0.3 is 10.6 Å². The number of carbonyl (C=O) groups is 1. The SMILES string of the molecule is CC(N)CC(=O)N(C)Cc1ccc(Br)s1.Cl. The number of nitrogens with two attached hydrogens (primary N) is 1. The molecule has 2 N–H and O–H groups in total. The van der Waals surface area contributed by atoms with E-state index in [1.165, 1.54) is 4.88 Å². The highest BCUT2D eigenvalue weighted by atomic mass is 79.9. The van der Waals surface area contributed by atoms with Crippen LogP contribution in [0.3, 0.4) is 0 Å². The second kappa shape index (κ2) is 7.27. The maximum Gasteiger partial charge on any atom is 0.224 e. The molecular formula is C10H16BrClN2OS. The second-order valence-electron chi connectivity index (χ2n) is 3.64. The summed E-state index contributed by atoms with van der Waals surface area (Å²) in [5.41, 5.74) is 5.58. The van der Waals surface area contributed by atoms with Crippen molar-refractivity contribution in [3.8, 4) is 0 Å². The van der Waals surface area contributed by atoms with Crippen LogP contribution in [0.2, 0.25) is 0 Å². The van der Waals surface area contributed by atoms with E-state index in [-0.39, 0.29) is 24.4 Å². The number of rotatable bonds is 4. The van der Waals surface area contributed by atoms with Crippen molar-refractivity contribution in [2.75, 3.05) is 7.05 Å². The van der Waals surface area contributed by atoms with Gasteiger partial charge in [-0.1, -0.05) is 0 Å². The molecule has 3 nitrogen and oxygen atoms in total. The molecule has 0 radical (unpaired) electrons. The van der Waals surface area contributed by atoms with E-state index in [0.717, 1.165) is 3.79 Å². The molecule has 1 heterocycles. The van der Waals surface area contributed by atoms with Gasteiger partial charge in [0, 0.05) is 24.4 Å². The molecule has 0 bridgehead atoms. The van der Waals surface area contributed by atoms with E-state index in [9.17, 15) is 4.79 Å². The van der Waals surface area contributed by atoms with E-state index >= 15 is 0 Å². The zero-order valence-corrected chi connectivity index (χ0v) is 12.5. The Balaban J connectivity index is 0.00000225. The van der Waals surface area contributed by atoms with E-state index in [0.29, 0.717) is 13.0 Å². The highest BCUT2D eigenvalue weighted by Gasteiger charge is 2.11. The Bertz CT molecular complexity index is 343. The Morgan fingerprint density at radius 1 is 1.62 bits per heavy atom. The van der Waals surface area contributed by atoms with Crippen LogP contribution >= 0.6 is 39.7 Å². The standard InChI is InChI=1S/C10H15BrN2OS.ClH/c1-7(12)5-10(14)13(2)6-8-3-4-9(11)15-8;/h3-4,7H,5-6,12H2,1-2H3;1H. The lowest BCUT2D eigenvalue weighted by Gasteiger charge is -2.17. The van der Waals surface area contributed by atoms with E-state index in [2.05, 4.69) is 15.9 Å². The van der Waals surface area contributed by atoms with Crippen LogP contribution in [0, 0.1) is 0 Å². The fourth-order valence-electron chi connectivity index (χ4n) is 1.19. The lowest BCUT2D eigenvalue weighted by atomic mass is 10.2. The molecule has 1 rings (SSSR count). The molecule has 16 heavy (non-hydrogen) atoms. The molecule has 0 saturated carbocycles. The maximum atomic E-state index is 11.6. The Hall–Kier alpha value is -0.100. The van der Waals surface area contributed by atoms with Crippen molar-refractivity contribution >= 4 is 45.6 Å². The van der Waals surface area contributed by atoms with Crippen molar-refractivity contribution in [2.24, 2.45) is 5.73 Å². The molecule has 1 unspecified atom stereocenters. The van der Waals surface area contributed by atoms with Gasteiger partial charge in [-0.3, -0.25) is 4.79 Å². The van der Waals surface area contributed by atoms with Crippen LogP contribution in [0.25, 0.3) is 0 Å². The molecule has 6 heteroatoms. The smallest absolute Gasteiger partial charge is 0.224 e. The van der Waals surface area contributed by atoms with Crippen molar-refractivity contribution in [1.82, 2.24) is 4.90 Å². The van der Waals surface area contributed by atoms with E-state index in [1.54, 1.807) is 23.3 Å². The van der Waals surface area contributed by atoms with Gasteiger partial charge in [-0.05, 0) is 35.0 Å². The fourth-order valence-corrected chi connectivity index (χ4v) is 2.73. The number of hydrogen-bond acceptors (Lipinski definition) is 3. The van der Waals surface area contributed by atoms with Gasteiger partial charge in [0.2, 0.25) is 5.91 Å². The van der Waals surface area contributed by atoms with Crippen molar-refractivity contribution in [3.63, 3.8) is 0 Å². The predicted molar refractivity (Wildman–Crippen MR) is 74.0 cm³/mol. The highest BCUT2D eigenvalue weighted by molar-refractivity contribution is 9.11. The van der Waals surface area contributed by atoms with Crippen molar-refractivity contribution in [1.29, 1.82) is 0 Å². The zero-order chi connectivity index (χ0) is 11.4. The molecule has 0 aliphatic rings. The van der Waals surface area contributed by atoms with Crippen LogP contribution in [-0.2, 0) is 11.3 Å². The number of halogens is 2. The first kappa shape index (κ1) is 15.9. The van der Waals surface area contributed by atoms with E-state index < -0.39 is 0 Å². The van der Waals surface area contributed by atoms with Crippen LogP contribution in [-0.4, -0.2) is 23.9 Å². The molecular weight excluding hydrogens is 312 g/mol. The first-order chi connectivity index (χ1) is 6.99. The summed E-state index contributed by atoms with van der Waals surface area (Å²) in [5, 5.41) is 0. The molecule has 1 amide bonds. The Kier molecular flexibility index (Phi) is 7.22. The van der Waals surface area contributed by atoms with Gasteiger partial charge >= 0.3 is 0 Å². The summed E-state index contributed by atoms with van der Waals surface area (Å²) in [6, 6.07) is 3.93. The van der Waals surface area contributed by atoms with E-state index in [4.69, 9.17) is 5.73 Å². The van der Waals surface area contributed by atoms with E-state index in [1.807, 2.05) is 19.1 Å². The molecule has 1 aromatic heterocycles. The quantitative estimate of drug-likeness (QED) is 0.924. The Morgan fingerprint density at radius 2 is 2.25 bits per heavy atom. The van der Waals surface area contributed by atoms with Crippen molar-refractivity contribution in [3.05, 3.63) is 20.8 Å². The van der Waals surface area contributed by atoms with Crippen LogP contribution in [0.4, 0.5) is 0 Å². The second-order valence-corrected chi connectivity index (χ2v) is 6.18. The summed E-state index contributed by atoms with van der Waals surface area (Å²) in [5.74, 6) is 0.0922. The summed E-state index contributed by atoms with van der Waals surface area (Å²) in [4.78, 5) is 14.5. The number of nitrogens with zero attached hydrogens (tertiary/aromatic N) is 1. The zero-order valence-electron chi connectivity index (χ0n) is 9.27. The van der Waals surface area contributed by atoms with Crippen LogP contribution < -0.4 is 5.73 Å². The monoisotopic (exact) mass is 326 g/mol. The summed E-state index contributed by atoms with van der Waals surface area (Å²) in [7, 11) is 1.80. The lowest BCUT2D eigenvalue weighted by Crippen LogP contribution is -2.31. The van der Waals surface area contributed by atoms with Crippen LogP contribution in [0.1, 0.15) is 18.2 Å². The Labute approximate surface area is 115 Å². The summed E-state index contributed by atoms with van der Waals surface area (Å²) in [6.07, 6.45) is 0.406. The van der Waals surface area contributed by atoms with Gasteiger partial charge in [0.1, 0.15) is 0 Å². The first-order valence-corrected chi connectivity index (χ1v) is 6.33. The fraction of sp³-hybridized carbons (Fsp3) is 0.500. The Morgan fingerprint density at radius 3 is 2.69 bits per heavy atom. The number of amides is 1. The van der Waals surface area contributed by atoms with Crippen molar-refractivity contribution in [2.45, 2.75) is 25.9 Å². The molecule has 1 atom stereocenters. The topological polar surface area (TPSA) is 46.3 Å². The maximum absolute atomic E-state index is 11.6. The number of thiophene rings is 1. The summed E-state index contributed by atoms with van der Waals surface area (Å²) < 4.78 is 1.09. The number of hydrogen-bond donors (Lipinski definition) is 1. The normalized spacial score (nSPS) is 11.8. The third-order valence-electron chi connectivity index (χ3n) is 1.94. The van der Waals surface area contributed by atoms with Crippen LogP contribution in [0.15, 0.2) is 15.9 Å². The highest BCUT2D eigenvalue weighted by Crippen LogP contribution is 2.23. The lowest BCUT2D eigenvalue weighted by molar-refractivity contribution is -0.130. The molecule has 0 aromatic carbocycles. The predicted octanol–water partition coefficient (Wildman–Crippen LogP) is 2.63. The molecule has 0 saturated heterocycles. The van der Waals surface area contributed by atoms with Gasteiger partial charge in [-0.25, -0.2) is 0 Å². The summed E-state index contributed by atoms with van der Waals surface area (Å²) >= 11 is 5.04. The molecule has 0 fully saturated rings. The minimum Gasteiger partial charge on any atom is -0.341 e.